The molecule has 1 N–H and O–H groups in total. The summed E-state index contributed by atoms with van der Waals surface area (Å²) in [7, 11) is 1.36. The molecule has 1 aromatic carbocycles. The molecule has 0 spiro atoms. The van der Waals surface area contributed by atoms with Crippen LogP contribution in [0.15, 0.2) is 24.3 Å². The number of hydrogen-bond acceptors (Lipinski definition) is 3. The fourth-order valence-corrected chi connectivity index (χ4v) is 1.42. The van der Waals surface area contributed by atoms with Gasteiger partial charge >= 0.3 is 5.97 Å². The number of carbonyl (C=O) groups excluding carboxylic acids is 1. The first-order valence-electron chi connectivity index (χ1n) is 5.26. The number of hydrogen-bond donors (Lipinski definition) is 1. The van der Waals surface area contributed by atoms with Crippen LogP contribution in [0.1, 0.15) is 5.56 Å². The molecule has 0 saturated heterocycles. The van der Waals surface area contributed by atoms with Crippen LogP contribution in [-0.2, 0) is 20.9 Å². The van der Waals surface area contributed by atoms with E-state index in [1.807, 2.05) is 0 Å². The molecule has 0 aliphatic carbocycles. The molecule has 0 heterocycles. The van der Waals surface area contributed by atoms with Gasteiger partial charge in [-0.2, -0.15) is 0 Å². The van der Waals surface area contributed by atoms with E-state index in [2.05, 4.69) is 4.74 Å². The lowest BCUT2D eigenvalue weighted by Gasteiger charge is -2.20. The van der Waals surface area contributed by atoms with Gasteiger partial charge in [0.1, 0.15) is 19.0 Å². The zero-order valence-electron chi connectivity index (χ0n) is 9.93. The van der Waals surface area contributed by atoms with Gasteiger partial charge in [-0.3, -0.25) is 9.59 Å². The third kappa shape index (κ3) is 4.50. The average Bonchev–Trinajstić information content (AvgIpc) is 2.31. The SMILES string of the molecule is COCC(=O)N(CC(=O)O)Cc1ccc(F)cc1. The van der Waals surface area contributed by atoms with E-state index in [1.54, 1.807) is 0 Å². The second-order valence-corrected chi connectivity index (χ2v) is 3.70. The molecule has 0 radical (unpaired) electrons. The Balaban J connectivity index is 2.74. The van der Waals surface area contributed by atoms with Gasteiger partial charge in [-0.05, 0) is 17.7 Å². The average molecular weight is 255 g/mol. The van der Waals surface area contributed by atoms with Gasteiger partial charge < -0.3 is 14.7 Å². The number of carbonyl (C=O) groups is 2. The van der Waals surface area contributed by atoms with Crippen LogP contribution in [0.4, 0.5) is 4.39 Å². The van der Waals surface area contributed by atoms with Gasteiger partial charge in [0.15, 0.2) is 0 Å². The van der Waals surface area contributed by atoms with Crippen LogP contribution in [0, 0.1) is 5.82 Å². The van der Waals surface area contributed by atoms with Crippen LogP contribution in [-0.4, -0.2) is 42.1 Å². The molecule has 0 aliphatic rings. The summed E-state index contributed by atoms with van der Waals surface area (Å²) in [4.78, 5) is 23.4. The number of benzene rings is 1. The molecule has 0 bridgehead atoms. The minimum absolute atomic E-state index is 0.106. The van der Waals surface area contributed by atoms with Gasteiger partial charge in [-0.25, -0.2) is 4.39 Å². The van der Waals surface area contributed by atoms with Gasteiger partial charge in [-0.1, -0.05) is 12.1 Å². The smallest absolute Gasteiger partial charge is 0.323 e. The summed E-state index contributed by atoms with van der Waals surface area (Å²) in [6.45, 7) is -0.497. The zero-order chi connectivity index (χ0) is 13.5. The summed E-state index contributed by atoms with van der Waals surface area (Å²) in [6.07, 6.45) is 0. The van der Waals surface area contributed by atoms with E-state index in [4.69, 9.17) is 5.11 Å². The molecule has 0 unspecified atom stereocenters. The lowest BCUT2D eigenvalue weighted by atomic mass is 10.2. The van der Waals surface area contributed by atoms with Crippen LogP contribution in [0.25, 0.3) is 0 Å². The number of nitrogens with zero attached hydrogens (tertiary/aromatic N) is 1. The van der Waals surface area contributed by atoms with E-state index in [0.717, 1.165) is 4.90 Å². The Morgan fingerprint density at radius 1 is 1.33 bits per heavy atom. The molecule has 0 fully saturated rings. The molecular formula is C12H14FNO4. The van der Waals surface area contributed by atoms with Gasteiger partial charge in [-0.15, -0.1) is 0 Å². The molecule has 0 aliphatic heterocycles. The van der Waals surface area contributed by atoms with E-state index < -0.39 is 18.4 Å². The van der Waals surface area contributed by atoms with E-state index in [0.29, 0.717) is 5.56 Å². The third-order valence-corrected chi connectivity index (χ3v) is 2.23. The summed E-state index contributed by atoms with van der Waals surface area (Å²) in [5, 5.41) is 8.73. The molecular weight excluding hydrogens is 241 g/mol. The second kappa shape index (κ2) is 6.70. The van der Waals surface area contributed by atoms with Crippen molar-refractivity contribution in [1.82, 2.24) is 4.90 Å². The fraction of sp³-hybridized carbons (Fsp3) is 0.333. The van der Waals surface area contributed by atoms with E-state index in [1.165, 1.54) is 31.4 Å². The number of carboxylic acids is 1. The minimum Gasteiger partial charge on any atom is -0.480 e. The summed E-state index contributed by atoms with van der Waals surface area (Å²) in [5.41, 5.74) is 0.655. The number of methoxy groups -OCH3 is 1. The summed E-state index contributed by atoms with van der Waals surface area (Å²) >= 11 is 0. The number of carboxylic acid groups (broad SMARTS) is 1. The Bertz CT molecular complexity index is 419. The molecule has 98 valence electrons. The first-order chi connectivity index (χ1) is 8.52. The maximum Gasteiger partial charge on any atom is 0.323 e. The fourth-order valence-electron chi connectivity index (χ4n) is 1.42. The first-order valence-corrected chi connectivity index (χ1v) is 5.26. The van der Waals surface area contributed by atoms with Crippen LogP contribution in [0.2, 0.25) is 0 Å². The number of aliphatic carboxylic acids is 1. The summed E-state index contributed by atoms with van der Waals surface area (Å²) in [6, 6.07) is 5.53. The number of halogens is 1. The van der Waals surface area contributed by atoms with Crippen LogP contribution < -0.4 is 0 Å². The maximum atomic E-state index is 12.7. The standard InChI is InChI=1S/C12H14FNO4/c1-18-8-11(15)14(7-12(16)17)6-9-2-4-10(13)5-3-9/h2-5H,6-8H2,1H3,(H,16,17). The Hall–Kier alpha value is -1.95. The monoisotopic (exact) mass is 255 g/mol. The number of ether oxygens (including phenoxy) is 1. The topological polar surface area (TPSA) is 66.8 Å². The number of rotatable bonds is 6. The van der Waals surface area contributed by atoms with Crippen molar-refractivity contribution in [2.24, 2.45) is 0 Å². The van der Waals surface area contributed by atoms with E-state index in [9.17, 15) is 14.0 Å². The predicted octanol–water partition coefficient (Wildman–Crippen LogP) is 0.885. The van der Waals surface area contributed by atoms with Crippen molar-refractivity contribution in [3.63, 3.8) is 0 Å². The minimum atomic E-state index is -1.11. The van der Waals surface area contributed by atoms with Crippen molar-refractivity contribution in [3.8, 4) is 0 Å². The maximum absolute atomic E-state index is 12.7. The normalized spacial score (nSPS) is 10.1. The molecule has 1 amide bonds. The highest BCUT2D eigenvalue weighted by molar-refractivity contribution is 5.82. The molecule has 0 atom stereocenters. The highest BCUT2D eigenvalue weighted by Crippen LogP contribution is 2.07. The van der Waals surface area contributed by atoms with Gasteiger partial charge in [0, 0.05) is 13.7 Å². The van der Waals surface area contributed by atoms with E-state index in [-0.39, 0.29) is 19.0 Å². The largest absolute Gasteiger partial charge is 0.480 e. The van der Waals surface area contributed by atoms with Crippen molar-refractivity contribution in [2.75, 3.05) is 20.3 Å². The van der Waals surface area contributed by atoms with Gasteiger partial charge in [0.2, 0.25) is 5.91 Å². The van der Waals surface area contributed by atoms with Crippen LogP contribution in [0.3, 0.4) is 0 Å². The molecule has 0 aromatic heterocycles. The third-order valence-electron chi connectivity index (χ3n) is 2.23. The second-order valence-electron chi connectivity index (χ2n) is 3.70. The quantitative estimate of drug-likeness (QED) is 0.819. The first kappa shape index (κ1) is 14.1. The lowest BCUT2D eigenvalue weighted by Crippen LogP contribution is -2.37. The molecule has 6 heteroatoms. The highest BCUT2D eigenvalue weighted by atomic mass is 19.1. The Labute approximate surface area is 104 Å². The van der Waals surface area contributed by atoms with E-state index >= 15 is 0 Å². The highest BCUT2D eigenvalue weighted by Gasteiger charge is 2.16. The van der Waals surface area contributed by atoms with Gasteiger partial charge in [0.05, 0.1) is 0 Å². The molecule has 1 rings (SSSR count). The van der Waals surface area contributed by atoms with Crippen molar-refractivity contribution in [1.29, 1.82) is 0 Å². The van der Waals surface area contributed by atoms with Crippen LogP contribution in [0.5, 0.6) is 0 Å². The van der Waals surface area contributed by atoms with Crippen molar-refractivity contribution < 1.29 is 23.8 Å². The molecule has 18 heavy (non-hydrogen) atoms. The Morgan fingerprint density at radius 3 is 2.44 bits per heavy atom. The van der Waals surface area contributed by atoms with Crippen molar-refractivity contribution in [2.45, 2.75) is 6.54 Å². The molecule has 5 nitrogen and oxygen atoms in total. The lowest BCUT2D eigenvalue weighted by molar-refractivity contribution is -0.146. The van der Waals surface area contributed by atoms with Crippen molar-refractivity contribution in [3.05, 3.63) is 35.6 Å². The van der Waals surface area contributed by atoms with Crippen LogP contribution >= 0.6 is 0 Å². The molecule has 0 saturated carbocycles. The Kier molecular flexibility index (Phi) is 5.26. The predicted molar refractivity (Wildman–Crippen MR) is 61.3 cm³/mol. The van der Waals surface area contributed by atoms with Gasteiger partial charge in [0.25, 0.3) is 0 Å². The number of amides is 1. The summed E-state index contributed by atoms with van der Waals surface area (Å²) in [5.74, 6) is -1.92. The van der Waals surface area contributed by atoms with Crippen molar-refractivity contribution >= 4 is 11.9 Å². The summed E-state index contributed by atoms with van der Waals surface area (Å²) < 4.78 is 17.4. The molecule has 1 aromatic rings. The Morgan fingerprint density at radius 2 is 1.94 bits per heavy atom. The zero-order valence-corrected chi connectivity index (χ0v) is 9.93.